The molecule has 0 saturated carbocycles. The number of nitrogens with zero attached hydrogens (tertiary/aromatic N) is 2. The van der Waals surface area contributed by atoms with Crippen molar-refractivity contribution in [3.8, 4) is 0 Å². The van der Waals surface area contributed by atoms with Crippen molar-refractivity contribution in [1.82, 2.24) is 15.3 Å². The molecule has 27 heavy (non-hydrogen) atoms. The molecule has 2 aromatic heterocycles. The fraction of sp³-hybridized carbons (Fsp3) is 0.0556. The van der Waals surface area contributed by atoms with Crippen LogP contribution in [0.15, 0.2) is 81.8 Å². The summed E-state index contributed by atoms with van der Waals surface area (Å²) in [6, 6.07) is 15.0. The third kappa shape index (κ3) is 5.13. The summed E-state index contributed by atoms with van der Waals surface area (Å²) in [5.74, 6) is -0.426. The number of benzene rings is 1. The standard InChI is InChI=1S/C18H16N4O3S2/c19-27(24,25)14-7-8-16(26-17-6-2-4-10-21-17)15(11-14)18(23)22-12-13-5-1-3-9-20-13/h1-11H,12H2,(H,22,23)(H2,19,24,25). The molecule has 0 aliphatic carbocycles. The second kappa shape index (κ2) is 8.30. The van der Waals surface area contributed by atoms with Gasteiger partial charge in [-0.25, -0.2) is 18.5 Å². The molecule has 0 saturated heterocycles. The molecule has 7 nitrogen and oxygen atoms in total. The number of nitrogens with two attached hydrogens (primary N) is 1. The van der Waals surface area contributed by atoms with Crippen LogP contribution >= 0.6 is 11.8 Å². The molecule has 0 spiro atoms. The van der Waals surface area contributed by atoms with Gasteiger partial charge in [-0.05, 0) is 42.5 Å². The Morgan fingerprint density at radius 1 is 1.04 bits per heavy atom. The van der Waals surface area contributed by atoms with Crippen molar-refractivity contribution in [3.05, 3.63) is 78.2 Å². The van der Waals surface area contributed by atoms with E-state index in [1.165, 1.54) is 23.9 Å². The van der Waals surface area contributed by atoms with Crippen LogP contribution in [0.3, 0.4) is 0 Å². The minimum Gasteiger partial charge on any atom is -0.346 e. The average molecular weight is 400 g/mol. The summed E-state index contributed by atoms with van der Waals surface area (Å²) in [5, 5.41) is 8.63. The Labute approximate surface area is 161 Å². The van der Waals surface area contributed by atoms with E-state index in [9.17, 15) is 13.2 Å². The van der Waals surface area contributed by atoms with E-state index < -0.39 is 15.9 Å². The molecule has 0 aliphatic heterocycles. The van der Waals surface area contributed by atoms with Crippen LogP contribution in [0.4, 0.5) is 0 Å². The Kier molecular flexibility index (Phi) is 5.84. The molecule has 0 bridgehead atoms. The van der Waals surface area contributed by atoms with Gasteiger partial charge in [-0.1, -0.05) is 23.9 Å². The number of amides is 1. The van der Waals surface area contributed by atoms with Gasteiger partial charge in [0.25, 0.3) is 5.91 Å². The van der Waals surface area contributed by atoms with Gasteiger partial charge < -0.3 is 5.32 Å². The van der Waals surface area contributed by atoms with Gasteiger partial charge in [-0.2, -0.15) is 0 Å². The number of carbonyl (C=O) groups is 1. The number of hydrogen-bond acceptors (Lipinski definition) is 6. The molecule has 2 heterocycles. The lowest BCUT2D eigenvalue weighted by Gasteiger charge is -2.11. The van der Waals surface area contributed by atoms with Crippen LogP contribution in [0, 0.1) is 0 Å². The van der Waals surface area contributed by atoms with Crippen molar-refractivity contribution in [3.63, 3.8) is 0 Å². The third-order valence-electron chi connectivity index (χ3n) is 3.53. The largest absolute Gasteiger partial charge is 0.346 e. The predicted octanol–water partition coefficient (Wildman–Crippen LogP) is 2.21. The Morgan fingerprint density at radius 3 is 2.41 bits per heavy atom. The molecule has 1 aromatic carbocycles. The van der Waals surface area contributed by atoms with Crippen molar-refractivity contribution < 1.29 is 13.2 Å². The summed E-state index contributed by atoms with van der Waals surface area (Å²) in [5.41, 5.74) is 0.889. The van der Waals surface area contributed by atoms with Crippen LogP contribution < -0.4 is 10.5 Å². The minimum absolute atomic E-state index is 0.129. The van der Waals surface area contributed by atoms with Crippen LogP contribution in [0.1, 0.15) is 16.1 Å². The first-order valence-corrected chi connectivity index (χ1v) is 10.2. The summed E-state index contributed by atoms with van der Waals surface area (Å²) in [4.78, 5) is 21.5. The number of rotatable bonds is 6. The second-order valence-corrected chi connectivity index (χ2v) is 8.10. The Hall–Kier alpha value is -2.75. The van der Waals surface area contributed by atoms with Crippen LogP contribution in [0.25, 0.3) is 0 Å². The van der Waals surface area contributed by atoms with Gasteiger partial charge in [0, 0.05) is 17.3 Å². The lowest BCUT2D eigenvalue weighted by molar-refractivity contribution is 0.0947. The van der Waals surface area contributed by atoms with Gasteiger partial charge in [0.2, 0.25) is 10.0 Å². The van der Waals surface area contributed by atoms with E-state index in [4.69, 9.17) is 5.14 Å². The van der Waals surface area contributed by atoms with Gasteiger partial charge in [-0.3, -0.25) is 9.78 Å². The van der Waals surface area contributed by atoms with Crippen LogP contribution in [-0.2, 0) is 16.6 Å². The molecule has 0 atom stereocenters. The number of carbonyl (C=O) groups excluding carboxylic acids is 1. The zero-order chi connectivity index (χ0) is 19.3. The van der Waals surface area contributed by atoms with Gasteiger partial charge in [0.05, 0.1) is 22.7 Å². The SMILES string of the molecule is NS(=O)(=O)c1ccc(Sc2ccccn2)c(C(=O)NCc2ccccn2)c1. The van der Waals surface area contributed by atoms with Crippen molar-refractivity contribution in [2.24, 2.45) is 5.14 Å². The summed E-state index contributed by atoms with van der Waals surface area (Å²) >= 11 is 1.26. The first-order valence-electron chi connectivity index (χ1n) is 7.87. The van der Waals surface area contributed by atoms with Crippen LogP contribution in [-0.4, -0.2) is 24.3 Å². The molecule has 138 valence electrons. The fourth-order valence-corrected chi connectivity index (χ4v) is 3.66. The van der Waals surface area contributed by atoms with Gasteiger partial charge in [0.1, 0.15) is 5.03 Å². The number of aromatic nitrogens is 2. The second-order valence-electron chi connectivity index (χ2n) is 5.48. The van der Waals surface area contributed by atoms with Crippen LogP contribution in [0.5, 0.6) is 0 Å². The molecule has 9 heteroatoms. The van der Waals surface area contributed by atoms with Gasteiger partial charge >= 0.3 is 0 Å². The zero-order valence-corrected chi connectivity index (χ0v) is 15.7. The predicted molar refractivity (Wildman–Crippen MR) is 102 cm³/mol. The van der Waals surface area contributed by atoms with Gasteiger partial charge in [0.15, 0.2) is 0 Å². The molecule has 0 aliphatic rings. The van der Waals surface area contributed by atoms with E-state index in [-0.39, 0.29) is 17.0 Å². The highest BCUT2D eigenvalue weighted by atomic mass is 32.2. The van der Waals surface area contributed by atoms with Crippen molar-refractivity contribution in [1.29, 1.82) is 0 Å². The molecule has 0 unspecified atom stereocenters. The molecular formula is C18H16N4O3S2. The molecular weight excluding hydrogens is 384 g/mol. The maximum atomic E-state index is 12.7. The maximum Gasteiger partial charge on any atom is 0.252 e. The number of nitrogens with one attached hydrogen (secondary N) is 1. The summed E-state index contributed by atoms with van der Waals surface area (Å²) in [7, 11) is -3.93. The van der Waals surface area contributed by atoms with E-state index in [0.717, 1.165) is 0 Å². The van der Waals surface area contributed by atoms with E-state index in [1.54, 1.807) is 42.7 Å². The molecule has 3 aromatic rings. The van der Waals surface area contributed by atoms with E-state index in [0.29, 0.717) is 15.6 Å². The maximum absolute atomic E-state index is 12.7. The molecule has 0 radical (unpaired) electrons. The quantitative estimate of drug-likeness (QED) is 0.655. The minimum atomic E-state index is -3.93. The zero-order valence-electron chi connectivity index (χ0n) is 14.1. The smallest absolute Gasteiger partial charge is 0.252 e. The summed E-state index contributed by atoms with van der Waals surface area (Å²) < 4.78 is 23.3. The molecule has 3 rings (SSSR count). The first-order chi connectivity index (χ1) is 12.9. The Morgan fingerprint density at radius 2 is 1.78 bits per heavy atom. The Balaban J connectivity index is 1.90. The van der Waals surface area contributed by atoms with Crippen molar-refractivity contribution >= 4 is 27.7 Å². The third-order valence-corrected chi connectivity index (χ3v) is 5.47. The number of hydrogen-bond donors (Lipinski definition) is 2. The lowest BCUT2D eigenvalue weighted by atomic mass is 10.2. The van der Waals surface area contributed by atoms with Gasteiger partial charge in [-0.15, -0.1) is 0 Å². The topological polar surface area (TPSA) is 115 Å². The highest BCUT2D eigenvalue weighted by Crippen LogP contribution is 2.30. The molecule has 3 N–H and O–H groups in total. The number of pyridine rings is 2. The normalized spacial score (nSPS) is 11.1. The highest BCUT2D eigenvalue weighted by Gasteiger charge is 2.18. The van der Waals surface area contributed by atoms with E-state index >= 15 is 0 Å². The summed E-state index contributed by atoms with van der Waals surface area (Å²) in [6.45, 7) is 0.215. The monoisotopic (exact) mass is 400 g/mol. The molecule has 1 amide bonds. The van der Waals surface area contributed by atoms with Crippen molar-refractivity contribution in [2.45, 2.75) is 21.4 Å². The van der Waals surface area contributed by atoms with E-state index in [2.05, 4.69) is 15.3 Å². The fourth-order valence-electron chi connectivity index (χ4n) is 2.24. The highest BCUT2D eigenvalue weighted by molar-refractivity contribution is 7.99. The average Bonchev–Trinajstić information content (AvgIpc) is 2.67. The first kappa shape index (κ1) is 19.0. The molecule has 0 fully saturated rings. The number of sulfonamides is 1. The van der Waals surface area contributed by atoms with Crippen molar-refractivity contribution in [2.75, 3.05) is 0 Å². The van der Waals surface area contributed by atoms with E-state index in [1.807, 2.05) is 12.1 Å². The number of primary sulfonamides is 1. The Bertz CT molecular complexity index is 1040. The lowest BCUT2D eigenvalue weighted by Crippen LogP contribution is -2.24. The summed E-state index contributed by atoms with van der Waals surface area (Å²) in [6.07, 6.45) is 3.27. The van der Waals surface area contributed by atoms with Crippen LogP contribution in [0.2, 0.25) is 0 Å².